The van der Waals surface area contributed by atoms with Crippen LogP contribution in [0.15, 0.2) is 52.9 Å². The van der Waals surface area contributed by atoms with Gasteiger partial charge in [-0.1, -0.05) is 55.7 Å². The fourth-order valence-corrected chi connectivity index (χ4v) is 4.60. The zero-order chi connectivity index (χ0) is 17.9. The molecule has 2 atom stereocenters. The number of hydrogen-bond acceptors (Lipinski definition) is 1. The first-order chi connectivity index (χ1) is 12.7. The van der Waals surface area contributed by atoms with Crippen LogP contribution in [0.1, 0.15) is 66.9 Å². The van der Waals surface area contributed by atoms with Crippen LogP contribution in [0.4, 0.5) is 0 Å². The predicted molar refractivity (Wildman–Crippen MR) is 110 cm³/mol. The van der Waals surface area contributed by atoms with Crippen molar-refractivity contribution < 1.29 is 4.42 Å². The summed E-state index contributed by atoms with van der Waals surface area (Å²) in [5.41, 5.74) is 5.33. The Morgan fingerprint density at radius 1 is 0.885 bits per heavy atom. The van der Waals surface area contributed by atoms with Crippen molar-refractivity contribution in [2.24, 2.45) is 5.92 Å². The molecule has 0 N–H and O–H groups in total. The molecule has 1 nitrogen and oxygen atoms in total. The average molecular weight is 347 g/mol. The van der Waals surface area contributed by atoms with Gasteiger partial charge in [-0.25, -0.2) is 0 Å². The molecule has 0 spiro atoms. The van der Waals surface area contributed by atoms with Crippen LogP contribution in [-0.2, 0) is 6.42 Å². The van der Waals surface area contributed by atoms with Gasteiger partial charge in [-0.15, -0.1) is 0 Å². The van der Waals surface area contributed by atoms with Gasteiger partial charge in [0.15, 0.2) is 0 Å². The van der Waals surface area contributed by atoms with Crippen molar-refractivity contribution >= 4 is 11.0 Å². The van der Waals surface area contributed by atoms with Crippen LogP contribution in [0.3, 0.4) is 0 Å². The van der Waals surface area contributed by atoms with E-state index in [0.29, 0.717) is 5.92 Å². The quantitative estimate of drug-likeness (QED) is 0.450. The Bertz CT molecular complexity index is 840. The maximum atomic E-state index is 6.28. The van der Waals surface area contributed by atoms with Crippen molar-refractivity contribution in [3.05, 3.63) is 71.0 Å². The van der Waals surface area contributed by atoms with E-state index in [0.717, 1.165) is 11.5 Å². The highest BCUT2D eigenvalue weighted by atomic mass is 16.3. The van der Waals surface area contributed by atoms with E-state index in [4.69, 9.17) is 4.42 Å². The molecule has 0 bridgehead atoms. The molecule has 1 heterocycles. The smallest absolute Gasteiger partial charge is 0.134 e. The fourth-order valence-electron chi connectivity index (χ4n) is 4.60. The van der Waals surface area contributed by atoms with E-state index in [1.165, 1.54) is 72.8 Å². The normalized spacial score (nSPS) is 21.0. The second kappa shape index (κ2) is 7.70. The fraction of sp³-hybridized carbons (Fsp3) is 0.440. The topological polar surface area (TPSA) is 13.1 Å². The number of benzene rings is 2. The highest BCUT2D eigenvalue weighted by molar-refractivity contribution is 5.77. The van der Waals surface area contributed by atoms with Crippen molar-refractivity contribution in [3.8, 4) is 0 Å². The van der Waals surface area contributed by atoms with Crippen LogP contribution < -0.4 is 0 Å². The molecule has 4 rings (SSSR count). The zero-order valence-corrected chi connectivity index (χ0v) is 16.1. The number of aryl methyl sites for hydroxylation is 3. The van der Waals surface area contributed by atoms with Gasteiger partial charge < -0.3 is 4.42 Å². The summed E-state index contributed by atoms with van der Waals surface area (Å²) in [7, 11) is 0. The lowest BCUT2D eigenvalue weighted by molar-refractivity contribution is 0.331. The number of furan rings is 1. The van der Waals surface area contributed by atoms with Gasteiger partial charge in [0.05, 0.1) is 0 Å². The van der Waals surface area contributed by atoms with E-state index < -0.39 is 0 Å². The Hall–Kier alpha value is -2.02. The maximum Gasteiger partial charge on any atom is 0.134 e. The number of fused-ring (bicyclic) bond motifs is 1. The summed E-state index contributed by atoms with van der Waals surface area (Å²) in [4.78, 5) is 0. The third-order valence-corrected chi connectivity index (χ3v) is 6.34. The lowest BCUT2D eigenvalue weighted by atomic mass is 9.82. The summed E-state index contributed by atoms with van der Waals surface area (Å²) >= 11 is 0. The van der Waals surface area contributed by atoms with Gasteiger partial charge in [0.1, 0.15) is 11.3 Å². The number of hydrogen-bond donors (Lipinski definition) is 0. The average Bonchev–Trinajstić information content (AvgIpc) is 2.94. The highest BCUT2D eigenvalue weighted by Gasteiger charge is 2.27. The third-order valence-electron chi connectivity index (χ3n) is 6.34. The maximum absolute atomic E-state index is 6.28. The van der Waals surface area contributed by atoms with E-state index in [9.17, 15) is 0 Å². The second-order valence-corrected chi connectivity index (χ2v) is 8.15. The van der Waals surface area contributed by atoms with Gasteiger partial charge in [0.25, 0.3) is 0 Å². The van der Waals surface area contributed by atoms with Crippen LogP contribution in [0.5, 0.6) is 0 Å². The van der Waals surface area contributed by atoms with Crippen molar-refractivity contribution in [2.45, 2.75) is 64.7 Å². The molecule has 0 radical (unpaired) electrons. The molecule has 0 saturated heterocycles. The van der Waals surface area contributed by atoms with E-state index >= 15 is 0 Å². The SMILES string of the molecule is Cc1ccc(CCC2CCCCCC2c2cc3ccccc3o2)cc1C. The van der Waals surface area contributed by atoms with E-state index in [1.54, 1.807) is 0 Å². The minimum absolute atomic E-state index is 0.580. The third kappa shape index (κ3) is 3.72. The molecule has 3 aromatic rings. The van der Waals surface area contributed by atoms with Gasteiger partial charge in [-0.05, 0) is 74.3 Å². The molecule has 0 amide bonds. The summed E-state index contributed by atoms with van der Waals surface area (Å²) in [6, 6.07) is 17.7. The van der Waals surface area contributed by atoms with Gasteiger partial charge in [-0.3, -0.25) is 0 Å². The lowest BCUT2D eigenvalue weighted by Crippen LogP contribution is -2.12. The molecule has 1 aliphatic carbocycles. The first kappa shape index (κ1) is 17.4. The Balaban J connectivity index is 1.54. The summed E-state index contributed by atoms with van der Waals surface area (Å²) in [5, 5.41) is 1.25. The molecule has 136 valence electrons. The van der Waals surface area contributed by atoms with Crippen molar-refractivity contribution in [2.75, 3.05) is 0 Å². The molecule has 2 aromatic carbocycles. The predicted octanol–water partition coefficient (Wildman–Crippen LogP) is 7.35. The van der Waals surface area contributed by atoms with Gasteiger partial charge in [0, 0.05) is 11.3 Å². The van der Waals surface area contributed by atoms with Crippen LogP contribution in [0.25, 0.3) is 11.0 Å². The molecule has 26 heavy (non-hydrogen) atoms. The van der Waals surface area contributed by atoms with Crippen LogP contribution in [0.2, 0.25) is 0 Å². The molecule has 1 heteroatoms. The summed E-state index contributed by atoms with van der Waals surface area (Å²) in [6.07, 6.45) is 9.14. The molecule has 1 fully saturated rings. The standard InChI is InChI=1S/C25H30O/c1-18-12-13-20(16-19(18)2)14-15-21-8-4-3-5-10-23(21)25-17-22-9-6-7-11-24(22)26-25/h6-7,9,11-13,16-17,21,23H,3-5,8,10,14-15H2,1-2H3. The van der Waals surface area contributed by atoms with E-state index in [1.807, 2.05) is 0 Å². The lowest BCUT2D eigenvalue weighted by Gasteiger charge is -2.23. The summed E-state index contributed by atoms with van der Waals surface area (Å²) in [6.45, 7) is 4.42. The summed E-state index contributed by atoms with van der Waals surface area (Å²) in [5.74, 6) is 2.54. The van der Waals surface area contributed by atoms with E-state index in [2.05, 4.69) is 62.4 Å². The zero-order valence-electron chi connectivity index (χ0n) is 16.1. The molecular formula is C25H30O. The largest absolute Gasteiger partial charge is 0.461 e. The van der Waals surface area contributed by atoms with Crippen molar-refractivity contribution in [3.63, 3.8) is 0 Å². The van der Waals surface area contributed by atoms with Gasteiger partial charge in [-0.2, -0.15) is 0 Å². The van der Waals surface area contributed by atoms with Crippen LogP contribution in [-0.4, -0.2) is 0 Å². The van der Waals surface area contributed by atoms with Crippen LogP contribution in [0, 0.1) is 19.8 Å². The molecule has 1 aliphatic rings. The second-order valence-electron chi connectivity index (χ2n) is 8.15. The minimum Gasteiger partial charge on any atom is -0.461 e. The van der Waals surface area contributed by atoms with Crippen LogP contribution >= 0.6 is 0 Å². The molecule has 1 aromatic heterocycles. The van der Waals surface area contributed by atoms with Crippen molar-refractivity contribution in [1.82, 2.24) is 0 Å². The van der Waals surface area contributed by atoms with Gasteiger partial charge >= 0.3 is 0 Å². The highest BCUT2D eigenvalue weighted by Crippen LogP contribution is 2.41. The Morgan fingerprint density at radius 3 is 2.58 bits per heavy atom. The van der Waals surface area contributed by atoms with Gasteiger partial charge in [0.2, 0.25) is 0 Å². The first-order valence-electron chi connectivity index (χ1n) is 10.3. The molecule has 0 aliphatic heterocycles. The number of rotatable bonds is 4. The Labute approximate surface area is 157 Å². The molecular weight excluding hydrogens is 316 g/mol. The summed E-state index contributed by atoms with van der Waals surface area (Å²) < 4.78 is 6.28. The number of para-hydroxylation sites is 1. The molecule has 1 saturated carbocycles. The minimum atomic E-state index is 0.580. The Morgan fingerprint density at radius 2 is 1.73 bits per heavy atom. The van der Waals surface area contributed by atoms with E-state index in [-0.39, 0.29) is 0 Å². The Kier molecular flexibility index (Phi) is 5.15. The van der Waals surface area contributed by atoms with Crippen molar-refractivity contribution in [1.29, 1.82) is 0 Å². The molecule has 2 unspecified atom stereocenters. The first-order valence-corrected chi connectivity index (χ1v) is 10.3. The monoisotopic (exact) mass is 346 g/mol.